The molecule has 0 radical (unpaired) electrons. The Morgan fingerprint density at radius 2 is 1.25 bits per heavy atom. The zero-order valence-electron chi connectivity index (χ0n) is 2.10. The second kappa shape index (κ2) is 28.9. The maximum atomic E-state index is 4.64. The van der Waals surface area contributed by atoms with Gasteiger partial charge in [0, 0.05) is 26.8 Å². The van der Waals surface area contributed by atoms with E-state index in [0.717, 1.165) is 0 Å². The van der Waals surface area contributed by atoms with Gasteiger partial charge in [-0.2, -0.15) is 0 Å². The van der Waals surface area contributed by atoms with E-state index < -0.39 is 0 Å². The van der Waals surface area contributed by atoms with Crippen molar-refractivity contribution < 1.29 is 20.4 Å². The van der Waals surface area contributed by atoms with Gasteiger partial charge in [0.2, 0.25) is 0 Å². The second-order valence-electron chi connectivity index (χ2n) is 0. The summed E-state index contributed by atoms with van der Waals surface area (Å²) in [6.45, 7) is 0. The first kappa shape index (κ1) is 18.8. The Balaban J connectivity index is -0.00000000500. The summed E-state index contributed by atoms with van der Waals surface area (Å²) in [4.78, 5) is 0. The van der Waals surface area contributed by atoms with E-state index in [1.807, 2.05) is 0 Å². The zero-order valence-corrected chi connectivity index (χ0v) is 5.23. The number of hydrogen-bond acceptors (Lipinski definition) is 0. The summed E-state index contributed by atoms with van der Waals surface area (Å²) in [5.74, 6) is 0. The molecule has 0 rings (SSSR count). The fraction of sp³-hybridized carbons (Fsp3) is 1.00. The molecule has 0 aliphatic rings. The predicted molar refractivity (Wildman–Crippen MR) is 19.0 cm³/mol. The van der Waals surface area contributed by atoms with E-state index in [1.54, 1.807) is 0 Å². The Morgan fingerprint density at radius 3 is 1.25 bits per heavy atom. The standard InChI is InChI=1S/CH3Cl.ClH.Pd/c1-2;;/h1H3;1H;. The maximum absolute atomic E-state index is 4.64. The first-order valence-electron chi connectivity index (χ1n) is 0.378. The summed E-state index contributed by atoms with van der Waals surface area (Å²) in [7, 11) is 0. The Hall–Kier alpha value is 1.24. The van der Waals surface area contributed by atoms with Crippen LogP contribution in [0.15, 0.2) is 0 Å². The normalized spacial score (nSPS) is 1.50. The van der Waals surface area contributed by atoms with Gasteiger partial charge in [-0.15, -0.1) is 24.0 Å². The molecule has 0 bridgehead atoms. The van der Waals surface area contributed by atoms with Crippen molar-refractivity contribution in [3.05, 3.63) is 0 Å². The molecular weight excluding hydrogens is 189 g/mol. The predicted octanol–water partition coefficient (Wildman–Crippen LogP) is 1.27. The van der Waals surface area contributed by atoms with Crippen molar-refractivity contribution in [1.82, 2.24) is 0 Å². The Kier molecular flexibility index (Phi) is 136. The van der Waals surface area contributed by atoms with E-state index in [4.69, 9.17) is 0 Å². The monoisotopic (exact) mass is 192 g/mol. The van der Waals surface area contributed by atoms with E-state index in [0.29, 0.717) is 0 Å². The first-order valence-corrected chi connectivity index (χ1v) is 1.13. The van der Waals surface area contributed by atoms with Gasteiger partial charge in [-0.05, 0) is 0 Å². The summed E-state index contributed by atoms with van der Waals surface area (Å²) >= 11 is 4.64. The maximum Gasteiger partial charge on any atom is 0.0108 e. The van der Waals surface area contributed by atoms with Gasteiger partial charge < -0.3 is 0 Å². The molecule has 0 N–H and O–H groups in total. The zero-order chi connectivity index (χ0) is 2.00. The molecule has 3 heteroatoms. The van der Waals surface area contributed by atoms with Crippen molar-refractivity contribution in [1.29, 1.82) is 0 Å². The van der Waals surface area contributed by atoms with Gasteiger partial charge in [0.15, 0.2) is 0 Å². The van der Waals surface area contributed by atoms with Crippen LogP contribution in [-0.4, -0.2) is 6.38 Å². The summed E-state index contributed by atoms with van der Waals surface area (Å²) in [5, 5.41) is 0. The molecule has 0 aliphatic carbocycles. The Bertz CT molecular complexity index is 6.00. The van der Waals surface area contributed by atoms with Gasteiger partial charge in [0.1, 0.15) is 0 Å². The van der Waals surface area contributed by atoms with Crippen LogP contribution in [0, 0.1) is 0 Å². The minimum atomic E-state index is 0. The van der Waals surface area contributed by atoms with Gasteiger partial charge in [0.25, 0.3) is 0 Å². The number of hydrogen-bond donors (Lipinski definition) is 0. The molecule has 0 aliphatic heterocycles. The van der Waals surface area contributed by atoms with Gasteiger partial charge >= 0.3 is 0 Å². The minimum absolute atomic E-state index is 0. The molecule has 0 atom stereocenters. The molecule has 0 spiro atoms. The first-order chi connectivity index (χ1) is 1.00. The smallest absolute Gasteiger partial charge is 0.0108 e. The molecule has 0 unspecified atom stereocenters. The third kappa shape index (κ3) is 10.6. The molecule has 0 fully saturated rings. The summed E-state index contributed by atoms with van der Waals surface area (Å²) in [5.41, 5.74) is 0. The Morgan fingerprint density at radius 1 is 1.25 bits per heavy atom. The van der Waals surface area contributed by atoms with E-state index in [2.05, 4.69) is 11.6 Å². The van der Waals surface area contributed by atoms with Crippen LogP contribution in [0.3, 0.4) is 0 Å². The van der Waals surface area contributed by atoms with Crippen molar-refractivity contribution in [3.8, 4) is 0 Å². The van der Waals surface area contributed by atoms with Gasteiger partial charge in [-0.25, -0.2) is 0 Å². The SMILES string of the molecule is CCl.Cl.[Pd]. The van der Waals surface area contributed by atoms with Crippen LogP contribution in [0.25, 0.3) is 0 Å². The molecule has 0 saturated carbocycles. The summed E-state index contributed by atoms with van der Waals surface area (Å²) < 4.78 is 0. The average Bonchev–Trinajstić information content (AvgIpc) is 1.00. The van der Waals surface area contributed by atoms with Crippen LogP contribution >= 0.6 is 24.0 Å². The van der Waals surface area contributed by atoms with Crippen molar-refractivity contribution in [2.24, 2.45) is 0 Å². The third-order valence-corrected chi connectivity index (χ3v) is 0. The van der Waals surface area contributed by atoms with Crippen LogP contribution in [-0.2, 0) is 20.4 Å². The molecule has 0 heterocycles. The van der Waals surface area contributed by atoms with Crippen LogP contribution in [0.2, 0.25) is 0 Å². The van der Waals surface area contributed by atoms with Gasteiger partial charge in [0.05, 0.1) is 0 Å². The van der Waals surface area contributed by atoms with E-state index in [1.165, 1.54) is 6.38 Å². The van der Waals surface area contributed by atoms with E-state index in [-0.39, 0.29) is 32.8 Å². The molecule has 0 amide bonds. The van der Waals surface area contributed by atoms with Crippen LogP contribution in [0.4, 0.5) is 0 Å². The molecule has 0 aromatic carbocycles. The molecular formula is CH4Cl2Pd. The van der Waals surface area contributed by atoms with Gasteiger partial charge in [-0.1, -0.05) is 0 Å². The van der Waals surface area contributed by atoms with Crippen molar-refractivity contribution in [3.63, 3.8) is 0 Å². The third-order valence-electron chi connectivity index (χ3n) is 0. The number of halogens is 2. The fourth-order valence-corrected chi connectivity index (χ4v) is 0. The van der Waals surface area contributed by atoms with E-state index >= 15 is 0 Å². The van der Waals surface area contributed by atoms with Crippen molar-refractivity contribution in [2.45, 2.75) is 0 Å². The summed E-state index contributed by atoms with van der Waals surface area (Å²) in [6, 6.07) is 0. The van der Waals surface area contributed by atoms with Crippen LogP contribution < -0.4 is 0 Å². The Labute approximate surface area is 51.0 Å². The quantitative estimate of drug-likeness (QED) is 0.401. The molecule has 0 nitrogen and oxygen atoms in total. The van der Waals surface area contributed by atoms with E-state index in [9.17, 15) is 0 Å². The molecule has 0 aromatic heterocycles. The molecule has 32 valence electrons. The topological polar surface area (TPSA) is 0 Å². The number of alkyl halides is 1. The molecule has 0 aromatic rings. The summed E-state index contributed by atoms with van der Waals surface area (Å²) in [6.07, 6.45) is 1.47. The van der Waals surface area contributed by atoms with Gasteiger partial charge in [-0.3, -0.25) is 0 Å². The second-order valence-corrected chi connectivity index (χ2v) is 0. The average molecular weight is 193 g/mol. The fourth-order valence-electron chi connectivity index (χ4n) is 0. The minimum Gasteiger partial charge on any atom is -0.147 e. The van der Waals surface area contributed by atoms with Crippen molar-refractivity contribution >= 4 is 24.0 Å². The van der Waals surface area contributed by atoms with Crippen molar-refractivity contribution in [2.75, 3.05) is 6.38 Å². The molecule has 4 heavy (non-hydrogen) atoms. The largest absolute Gasteiger partial charge is 0.147 e. The van der Waals surface area contributed by atoms with Crippen LogP contribution in [0.1, 0.15) is 0 Å². The van der Waals surface area contributed by atoms with Crippen LogP contribution in [0.5, 0.6) is 0 Å². The molecule has 0 saturated heterocycles. The number of rotatable bonds is 0.